The van der Waals surface area contributed by atoms with Gasteiger partial charge in [0.05, 0.1) is 29.8 Å². The molecule has 11 nitrogen and oxygen atoms in total. The van der Waals surface area contributed by atoms with E-state index in [4.69, 9.17) is 4.74 Å². The van der Waals surface area contributed by atoms with Crippen LogP contribution >= 0.6 is 0 Å². The number of hydrogen-bond acceptors (Lipinski definition) is 6. The average molecular weight is 613 g/mol. The molecule has 0 spiro atoms. The van der Waals surface area contributed by atoms with E-state index in [9.17, 15) is 28.0 Å². The number of alkyl halides is 1. The van der Waals surface area contributed by atoms with Crippen molar-refractivity contribution in [2.24, 2.45) is 0 Å². The molecule has 1 saturated heterocycles. The SMILES string of the molecule is CCn1c(=O)n(C2CCN(CCCNC(=O)N3C(=O)NC(C)=C(C(=O)OC)C3C3=CC=C(F)C(F)C3)CC2)c2ccccc21. The number of likely N-dealkylation sites (tertiary alicyclic amines) is 1. The molecule has 44 heavy (non-hydrogen) atoms. The highest BCUT2D eigenvalue weighted by Crippen LogP contribution is 2.34. The molecule has 3 heterocycles. The maximum Gasteiger partial charge on any atom is 0.337 e. The second kappa shape index (κ2) is 13.2. The Bertz CT molecular complexity index is 1600. The van der Waals surface area contributed by atoms with Gasteiger partial charge in [-0.05, 0) is 63.4 Å². The minimum Gasteiger partial charge on any atom is -0.466 e. The van der Waals surface area contributed by atoms with Crippen molar-refractivity contribution < 1.29 is 27.9 Å². The number of halogens is 2. The molecule has 3 aliphatic rings. The Balaban J connectivity index is 1.20. The maximum absolute atomic E-state index is 14.3. The number of esters is 1. The summed E-state index contributed by atoms with van der Waals surface area (Å²) in [5, 5.41) is 5.25. The van der Waals surface area contributed by atoms with Crippen LogP contribution in [0.2, 0.25) is 0 Å². The topological polar surface area (TPSA) is 118 Å². The molecule has 236 valence electrons. The first-order valence-electron chi connectivity index (χ1n) is 15.0. The zero-order valence-electron chi connectivity index (χ0n) is 25.1. The number of rotatable bonds is 8. The van der Waals surface area contributed by atoms with Gasteiger partial charge in [-0.3, -0.25) is 9.13 Å². The Morgan fingerprint density at radius 1 is 1.11 bits per heavy atom. The minimum absolute atomic E-state index is 0.0162. The third-order valence-electron chi connectivity index (χ3n) is 8.63. The molecular weight excluding hydrogens is 574 g/mol. The number of carbonyl (C=O) groups excluding carboxylic acids is 3. The Hall–Kier alpha value is -4.26. The van der Waals surface area contributed by atoms with Crippen LogP contribution in [0, 0.1) is 0 Å². The summed E-state index contributed by atoms with van der Waals surface area (Å²) >= 11 is 0. The van der Waals surface area contributed by atoms with E-state index >= 15 is 0 Å². The molecule has 2 aromatic rings. The monoisotopic (exact) mass is 612 g/mol. The van der Waals surface area contributed by atoms with E-state index in [0.717, 1.165) is 55.1 Å². The van der Waals surface area contributed by atoms with Gasteiger partial charge in [0.15, 0.2) is 6.17 Å². The van der Waals surface area contributed by atoms with E-state index in [2.05, 4.69) is 15.5 Å². The van der Waals surface area contributed by atoms with Crippen LogP contribution in [-0.2, 0) is 16.1 Å². The Morgan fingerprint density at radius 3 is 2.48 bits per heavy atom. The van der Waals surface area contributed by atoms with Gasteiger partial charge >= 0.3 is 23.7 Å². The van der Waals surface area contributed by atoms with Crippen molar-refractivity contribution >= 4 is 29.1 Å². The third kappa shape index (κ3) is 5.92. The summed E-state index contributed by atoms with van der Waals surface area (Å²) in [7, 11) is 1.16. The highest BCUT2D eigenvalue weighted by atomic mass is 19.2. The number of aryl methyl sites for hydroxylation is 1. The fourth-order valence-corrected chi connectivity index (χ4v) is 6.42. The first-order valence-corrected chi connectivity index (χ1v) is 15.0. The van der Waals surface area contributed by atoms with Crippen molar-refractivity contribution in [2.45, 2.75) is 64.3 Å². The predicted molar refractivity (Wildman–Crippen MR) is 160 cm³/mol. The Morgan fingerprint density at radius 2 is 1.82 bits per heavy atom. The highest BCUT2D eigenvalue weighted by molar-refractivity contribution is 6.02. The molecule has 0 radical (unpaired) electrons. The van der Waals surface area contributed by atoms with Crippen molar-refractivity contribution in [3.8, 4) is 0 Å². The van der Waals surface area contributed by atoms with Crippen LogP contribution < -0.4 is 16.3 Å². The van der Waals surface area contributed by atoms with Crippen molar-refractivity contribution in [2.75, 3.05) is 33.3 Å². The zero-order chi connectivity index (χ0) is 31.5. The number of ether oxygens (including phenoxy) is 1. The number of amides is 4. The highest BCUT2D eigenvalue weighted by Gasteiger charge is 2.44. The molecule has 1 aliphatic carbocycles. The first kappa shape index (κ1) is 31.2. The summed E-state index contributed by atoms with van der Waals surface area (Å²) in [5.74, 6) is -1.75. The second-order valence-electron chi connectivity index (χ2n) is 11.2. The van der Waals surface area contributed by atoms with Crippen LogP contribution in [0.3, 0.4) is 0 Å². The summed E-state index contributed by atoms with van der Waals surface area (Å²) in [6, 6.07) is 5.16. The van der Waals surface area contributed by atoms with Gasteiger partial charge in [0, 0.05) is 44.3 Å². The first-order chi connectivity index (χ1) is 21.2. The van der Waals surface area contributed by atoms with Gasteiger partial charge in [0.1, 0.15) is 5.83 Å². The van der Waals surface area contributed by atoms with Gasteiger partial charge in [0.2, 0.25) is 0 Å². The number of imidazole rings is 1. The number of allylic oxidation sites excluding steroid dienone is 4. The number of piperidine rings is 1. The van der Waals surface area contributed by atoms with Gasteiger partial charge in [-0.15, -0.1) is 0 Å². The molecule has 2 atom stereocenters. The number of nitrogens with one attached hydrogen (secondary N) is 2. The number of hydrogen-bond donors (Lipinski definition) is 2. The molecule has 13 heteroatoms. The van der Waals surface area contributed by atoms with Crippen molar-refractivity contribution in [1.82, 2.24) is 29.6 Å². The number of methoxy groups -OCH3 is 1. The zero-order valence-corrected chi connectivity index (χ0v) is 25.1. The molecule has 2 unspecified atom stereocenters. The van der Waals surface area contributed by atoms with Crippen molar-refractivity contribution in [3.63, 3.8) is 0 Å². The lowest BCUT2D eigenvalue weighted by molar-refractivity contribution is -0.136. The van der Waals surface area contributed by atoms with Crippen LogP contribution in [0.5, 0.6) is 0 Å². The normalized spacial score (nSPS) is 21.7. The van der Waals surface area contributed by atoms with E-state index in [0.29, 0.717) is 19.5 Å². The Labute approximate surface area is 253 Å². The summed E-state index contributed by atoms with van der Waals surface area (Å²) in [6.45, 7) is 6.59. The van der Waals surface area contributed by atoms with Gasteiger partial charge in [0.25, 0.3) is 0 Å². The van der Waals surface area contributed by atoms with E-state index in [1.807, 2.05) is 35.8 Å². The van der Waals surface area contributed by atoms with E-state index in [-0.39, 0.29) is 35.1 Å². The average Bonchev–Trinajstić information content (AvgIpc) is 3.30. The standard InChI is InChI=1S/C31H38F2N6O5/c1-4-37-24-8-5-6-9-25(24)38(31(37)43)21-12-16-36(17-13-21)15-7-14-34-29(41)39-27(20-10-11-22(32)23(33)18-20)26(28(40)44-3)19(2)35-30(39)42/h5-6,8-11,21,23,27H,4,7,12-18H2,1-3H3,(H,34,41)(H,35,42). The summed E-state index contributed by atoms with van der Waals surface area (Å²) in [4.78, 5) is 55.2. The minimum atomic E-state index is -1.95. The number of urea groups is 2. The largest absolute Gasteiger partial charge is 0.466 e. The number of fused-ring (bicyclic) bond motifs is 1. The molecule has 2 aliphatic heterocycles. The fraction of sp³-hybridized carbons (Fsp3) is 0.484. The third-order valence-corrected chi connectivity index (χ3v) is 8.63. The van der Waals surface area contributed by atoms with Crippen molar-refractivity contribution in [3.05, 3.63) is 69.6 Å². The summed E-state index contributed by atoms with van der Waals surface area (Å²) < 4.78 is 36.7. The quantitative estimate of drug-likeness (QED) is 0.345. The maximum atomic E-state index is 14.3. The lowest BCUT2D eigenvalue weighted by atomic mass is 9.88. The fourth-order valence-electron chi connectivity index (χ4n) is 6.42. The number of nitrogens with zero attached hydrogens (tertiary/aromatic N) is 4. The van der Waals surface area contributed by atoms with Gasteiger partial charge in [-0.2, -0.15) is 0 Å². The van der Waals surface area contributed by atoms with E-state index in [1.54, 1.807) is 4.57 Å². The number of imide groups is 1. The molecule has 5 rings (SSSR count). The molecule has 2 N–H and O–H groups in total. The molecule has 1 aromatic heterocycles. The lowest BCUT2D eigenvalue weighted by Crippen LogP contribution is -2.59. The molecule has 0 saturated carbocycles. The molecule has 1 fully saturated rings. The molecule has 0 bridgehead atoms. The van der Waals surface area contributed by atoms with Crippen LogP contribution in [0.4, 0.5) is 18.4 Å². The van der Waals surface area contributed by atoms with Gasteiger partial charge in [-0.25, -0.2) is 32.9 Å². The molecule has 4 amide bonds. The van der Waals surface area contributed by atoms with Crippen LogP contribution in [0.1, 0.15) is 45.6 Å². The Kier molecular flexibility index (Phi) is 9.33. The summed E-state index contributed by atoms with van der Waals surface area (Å²) in [5.41, 5.74) is 2.26. The molecular formula is C31H38F2N6O5. The summed E-state index contributed by atoms with van der Waals surface area (Å²) in [6.07, 6.45) is 2.10. The number of aromatic nitrogens is 2. The van der Waals surface area contributed by atoms with E-state index < -0.39 is 42.5 Å². The van der Waals surface area contributed by atoms with Crippen LogP contribution in [0.15, 0.2) is 63.9 Å². The number of carbonyl (C=O) groups is 3. The number of para-hydroxylation sites is 2. The van der Waals surface area contributed by atoms with Crippen LogP contribution in [-0.4, -0.2) is 82.5 Å². The van der Waals surface area contributed by atoms with Gasteiger partial charge in [-0.1, -0.05) is 18.2 Å². The molecule has 1 aromatic carbocycles. The van der Waals surface area contributed by atoms with Gasteiger partial charge < -0.3 is 20.3 Å². The number of benzene rings is 1. The smallest absolute Gasteiger partial charge is 0.337 e. The second-order valence-corrected chi connectivity index (χ2v) is 11.2. The predicted octanol–water partition coefficient (Wildman–Crippen LogP) is 3.92. The van der Waals surface area contributed by atoms with Crippen LogP contribution in [0.25, 0.3) is 11.0 Å². The van der Waals surface area contributed by atoms with E-state index in [1.165, 1.54) is 13.0 Å². The lowest BCUT2D eigenvalue weighted by Gasteiger charge is -2.38. The van der Waals surface area contributed by atoms with Crippen molar-refractivity contribution in [1.29, 1.82) is 0 Å².